The summed E-state index contributed by atoms with van der Waals surface area (Å²) < 4.78 is 0. The summed E-state index contributed by atoms with van der Waals surface area (Å²) in [5.74, 6) is -0.885. The molecule has 1 fully saturated rings. The van der Waals surface area contributed by atoms with Gasteiger partial charge in [0.1, 0.15) is 6.04 Å². The lowest BCUT2D eigenvalue weighted by atomic mass is 10.1. The average molecular weight is 289 g/mol. The molecule has 114 valence electrons. The maximum atomic E-state index is 12.1. The molecule has 0 unspecified atom stereocenters. The second kappa shape index (κ2) is 7.25. The number of amides is 1. The lowest BCUT2D eigenvalue weighted by molar-refractivity contribution is -0.148. The van der Waals surface area contributed by atoms with Crippen LogP contribution in [-0.2, 0) is 16.0 Å². The minimum Gasteiger partial charge on any atom is -0.480 e. The summed E-state index contributed by atoms with van der Waals surface area (Å²) in [6, 6.07) is 7.84. The van der Waals surface area contributed by atoms with Gasteiger partial charge in [-0.3, -0.25) is 4.79 Å². The first-order valence-electron chi connectivity index (χ1n) is 7.66. The zero-order valence-electron chi connectivity index (χ0n) is 12.5. The molecule has 21 heavy (non-hydrogen) atoms. The van der Waals surface area contributed by atoms with Gasteiger partial charge in [0.05, 0.1) is 0 Å². The highest BCUT2D eigenvalue weighted by Gasteiger charge is 2.33. The number of benzene rings is 1. The highest BCUT2D eigenvalue weighted by Crippen LogP contribution is 2.19. The van der Waals surface area contributed by atoms with Crippen LogP contribution in [-0.4, -0.2) is 34.5 Å². The average Bonchev–Trinajstić information content (AvgIpc) is 2.95. The number of carbonyl (C=O) groups excluding carboxylic acids is 1. The van der Waals surface area contributed by atoms with E-state index in [-0.39, 0.29) is 5.91 Å². The normalized spacial score (nSPS) is 18.0. The third kappa shape index (κ3) is 4.31. The molecule has 2 rings (SSSR count). The third-order valence-electron chi connectivity index (χ3n) is 4.08. The first-order chi connectivity index (χ1) is 10.1. The van der Waals surface area contributed by atoms with Crippen LogP contribution >= 0.6 is 0 Å². The number of carboxylic acids is 1. The Kier molecular flexibility index (Phi) is 5.37. The molecule has 1 aromatic carbocycles. The Bertz CT molecular complexity index is 495. The van der Waals surface area contributed by atoms with Crippen molar-refractivity contribution >= 4 is 11.9 Å². The zero-order chi connectivity index (χ0) is 15.2. The van der Waals surface area contributed by atoms with Gasteiger partial charge in [0.25, 0.3) is 0 Å². The van der Waals surface area contributed by atoms with Crippen LogP contribution in [0.1, 0.15) is 43.2 Å². The maximum absolute atomic E-state index is 12.1. The number of nitrogens with zero attached hydrogens (tertiary/aromatic N) is 1. The first-order valence-corrected chi connectivity index (χ1v) is 7.66. The molecule has 1 atom stereocenters. The predicted octanol–water partition coefficient (Wildman–Crippen LogP) is 2.78. The second-order valence-electron chi connectivity index (χ2n) is 5.78. The zero-order valence-corrected chi connectivity index (χ0v) is 12.5. The summed E-state index contributed by atoms with van der Waals surface area (Å²) in [6.45, 7) is 2.66. The van der Waals surface area contributed by atoms with E-state index < -0.39 is 12.0 Å². The number of hydrogen-bond acceptors (Lipinski definition) is 2. The van der Waals surface area contributed by atoms with Crippen LogP contribution < -0.4 is 0 Å². The van der Waals surface area contributed by atoms with E-state index >= 15 is 0 Å². The largest absolute Gasteiger partial charge is 0.480 e. The smallest absolute Gasteiger partial charge is 0.326 e. The molecular formula is C17H23NO3. The Balaban J connectivity index is 1.72. The second-order valence-corrected chi connectivity index (χ2v) is 5.78. The molecule has 0 saturated carbocycles. The van der Waals surface area contributed by atoms with Crippen molar-refractivity contribution in [3.8, 4) is 0 Å². The van der Waals surface area contributed by atoms with E-state index in [1.807, 2.05) is 0 Å². The van der Waals surface area contributed by atoms with E-state index in [2.05, 4.69) is 31.2 Å². The number of carbonyl (C=O) groups is 2. The molecular weight excluding hydrogens is 266 g/mol. The Labute approximate surface area is 125 Å². The number of unbranched alkanes of at least 4 members (excludes halogenated alkanes) is 1. The van der Waals surface area contributed by atoms with Crippen molar-refractivity contribution in [3.05, 3.63) is 35.4 Å². The molecule has 1 saturated heterocycles. The summed E-state index contributed by atoms with van der Waals surface area (Å²) in [6.07, 6.45) is 4.58. The van der Waals surface area contributed by atoms with Gasteiger partial charge in [0.15, 0.2) is 0 Å². The van der Waals surface area contributed by atoms with Gasteiger partial charge < -0.3 is 10.0 Å². The fraction of sp³-hybridized carbons (Fsp3) is 0.529. The molecule has 1 aliphatic rings. The van der Waals surface area contributed by atoms with Crippen LogP contribution in [0.25, 0.3) is 0 Å². The lowest BCUT2D eigenvalue weighted by Gasteiger charge is -2.21. The summed E-state index contributed by atoms with van der Waals surface area (Å²) in [4.78, 5) is 24.7. The van der Waals surface area contributed by atoms with Gasteiger partial charge in [-0.05, 0) is 44.6 Å². The molecule has 0 spiro atoms. The molecule has 1 heterocycles. The van der Waals surface area contributed by atoms with Crippen LogP contribution in [0.3, 0.4) is 0 Å². The van der Waals surface area contributed by atoms with Crippen molar-refractivity contribution in [3.63, 3.8) is 0 Å². The summed E-state index contributed by atoms with van der Waals surface area (Å²) in [5, 5.41) is 9.08. The van der Waals surface area contributed by atoms with Crippen molar-refractivity contribution in [2.75, 3.05) is 6.54 Å². The topological polar surface area (TPSA) is 57.6 Å². The van der Waals surface area contributed by atoms with Crippen LogP contribution in [0.2, 0.25) is 0 Å². The molecule has 1 aromatic rings. The monoisotopic (exact) mass is 289 g/mol. The Hall–Kier alpha value is -1.84. The molecule has 1 N–H and O–H groups in total. The maximum Gasteiger partial charge on any atom is 0.326 e. The van der Waals surface area contributed by atoms with Crippen LogP contribution in [0.5, 0.6) is 0 Å². The highest BCUT2D eigenvalue weighted by atomic mass is 16.4. The Morgan fingerprint density at radius 1 is 1.24 bits per heavy atom. The molecule has 0 bridgehead atoms. The summed E-state index contributed by atoms with van der Waals surface area (Å²) in [7, 11) is 0. The van der Waals surface area contributed by atoms with Crippen LogP contribution in [0, 0.1) is 6.92 Å². The minimum absolute atomic E-state index is 0.0104. The molecule has 1 amide bonds. The number of carboxylic acid groups (broad SMARTS) is 1. The molecule has 0 radical (unpaired) electrons. The first kappa shape index (κ1) is 15.5. The van der Waals surface area contributed by atoms with Gasteiger partial charge in [-0.15, -0.1) is 0 Å². The summed E-state index contributed by atoms with van der Waals surface area (Å²) in [5.41, 5.74) is 2.54. The molecule has 4 heteroatoms. The van der Waals surface area contributed by atoms with Gasteiger partial charge in [-0.2, -0.15) is 0 Å². The number of rotatable bonds is 6. The van der Waals surface area contributed by atoms with E-state index in [9.17, 15) is 9.59 Å². The van der Waals surface area contributed by atoms with E-state index in [4.69, 9.17) is 5.11 Å². The van der Waals surface area contributed by atoms with Crippen molar-refractivity contribution in [2.24, 2.45) is 0 Å². The number of aliphatic carboxylic acids is 1. The lowest BCUT2D eigenvalue weighted by Crippen LogP contribution is -2.40. The van der Waals surface area contributed by atoms with Crippen molar-refractivity contribution < 1.29 is 14.7 Å². The number of likely N-dealkylation sites (tertiary alicyclic amines) is 1. The minimum atomic E-state index is -0.875. The van der Waals surface area contributed by atoms with Crippen LogP contribution in [0.4, 0.5) is 0 Å². The van der Waals surface area contributed by atoms with Gasteiger partial charge in [0, 0.05) is 13.0 Å². The highest BCUT2D eigenvalue weighted by molar-refractivity contribution is 5.84. The van der Waals surface area contributed by atoms with E-state index in [0.29, 0.717) is 19.4 Å². The van der Waals surface area contributed by atoms with E-state index in [1.54, 1.807) is 0 Å². The number of hydrogen-bond donors (Lipinski definition) is 1. The fourth-order valence-corrected chi connectivity index (χ4v) is 2.83. The van der Waals surface area contributed by atoms with E-state index in [1.165, 1.54) is 16.0 Å². The van der Waals surface area contributed by atoms with Gasteiger partial charge in [-0.1, -0.05) is 29.8 Å². The Morgan fingerprint density at radius 3 is 2.62 bits per heavy atom. The predicted molar refractivity (Wildman–Crippen MR) is 81.1 cm³/mol. The Morgan fingerprint density at radius 2 is 1.95 bits per heavy atom. The van der Waals surface area contributed by atoms with Crippen molar-refractivity contribution in [2.45, 2.75) is 51.5 Å². The number of aryl methyl sites for hydroxylation is 2. The third-order valence-corrected chi connectivity index (χ3v) is 4.08. The SMILES string of the molecule is Cc1ccc(CCCCC(=O)N2CCC[C@H]2C(=O)O)cc1. The molecule has 1 aliphatic heterocycles. The van der Waals surface area contributed by atoms with Crippen molar-refractivity contribution in [1.82, 2.24) is 4.90 Å². The fourth-order valence-electron chi connectivity index (χ4n) is 2.83. The van der Waals surface area contributed by atoms with Crippen molar-refractivity contribution in [1.29, 1.82) is 0 Å². The van der Waals surface area contributed by atoms with Gasteiger partial charge >= 0.3 is 5.97 Å². The standard InChI is InChI=1S/C17H23NO3/c1-13-8-10-14(11-9-13)5-2-3-7-16(19)18-12-4-6-15(18)17(20)21/h8-11,15H,2-7,12H2,1H3,(H,20,21)/t15-/m0/s1. The van der Waals surface area contributed by atoms with Gasteiger partial charge in [-0.25, -0.2) is 4.79 Å². The van der Waals surface area contributed by atoms with Crippen LogP contribution in [0.15, 0.2) is 24.3 Å². The van der Waals surface area contributed by atoms with E-state index in [0.717, 1.165) is 25.7 Å². The van der Waals surface area contributed by atoms with Gasteiger partial charge in [0.2, 0.25) is 5.91 Å². The quantitative estimate of drug-likeness (QED) is 0.819. The molecule has 0 aromatic heterocycles. The molecule has 4 nitrogen and oxygen atoms in total. The summed E-state index contributed by atoms with van der Waals surface area (Å²) >= 11 is 0. The molecule has 0 aliphatic carbocycles.